The minimum absolute atomic E-state index is 0.0949. The monoisotopic (exact) mass is 393 g/mol. The van der Waals surface area contributed by atoms with E-state index in [1.807, 2.05) is 29.2 Å². The molecule has 2 rings (SSSR count). The van der Waals surface area contributed by atoms with Crippen molar-refractivity contribution in [3.63, 3.8) is 0 Å². The molecule has 2 aromatic rings. The Morgan fingerprint density at radius 1 is 1.12 bits per heavy atom. The van der Waals surface area contributed by atoms with Crippen LogP contribution in [0.3, 0.4) is 0 Å². The molecule has 26 heavy (non-hydrogen) atoms. The van der Waals surface area contributed by atoms with Gasteiger partial charge < -0.3 is 9.64 Å². The van der Waals surface area contributed by atoms with Crippen molar-refractivity contribution in [2.24, 2.45) is 0 Å². The summed E-state index contributed by atoms with van der Waals surface area (Å²) in [4.78, 5) is 27.0. The maximum absolute atomic E-state index is 11.9. The number of esters is 1. The van der Waals surface area contributed by atoms with Gasteiger partial charge in [-0.05, 0) is 55.5 Å². The number of hydrogen-bond donors (Lipinski definition) is 0. The summed E-state index contributed by atoms with van der Waals surface area (Å²) < 4.78 is 4.72. The summed E-state index contributed by atoms with van der Waals surface area (Å²) in [6.07, 6.45) is 3.53. The van der Waals surface area contributed by atoms with E-state index < -0.39 is 0 Å². The molecule has 4 nitrogen and oxygen atoms in total. The molecule has 0 N–H and O–H groups in total. The standard InChI is InChI=1S/C20H24ClNO3S/c1-15(23)22(12-4-7-16-6-3-8-17(21)14-16)13-5-9-18-10-11-19(26-18)20(24)25-2/h3,6,8,10-11,14H,4-5,7,9,12-13H2,1-2H3. The van der Waals surface area contributed by atoms with Crippen LogP contribution < -0.4 is 0 Å². The molecular weight excluding hydrogens is 370 g/mol. The SMILES string of the molecule is COC(=O)c1ccc(CCCN(CCCc2cccc(Cl)c2)C(C)=O)s1. The summed E-state index contributed by atoms with van der Waals surface area (Å²) in [6.45, 7) is 3.07. The quantitative estimate of drug-likeness (QED) is 0.585. The molecule has 0 saturated carbocycles. The second-order valence-electron chi connectivity index (χ2n) is 6.10. The Kier molecular flexibility index (Phi) is 8.13. The van der Waals surface area contributed by atoms with E-state index in [2.05, 4.69) is 6.07 Å². The topological polar surface area (TPSA) is 46.6 Å². The normalized spacial score (nSPS) is 10.6. The van der Waals surface area contributed by atoms with Gasteiger partial charge in [-0.25, -0.2) is 4.79 Å². The van der Waals surface area contributed by atoms with Crippen molar-refractivity contribution in [2.75, 3.05) is 20.2 Å². The van der Waals surface area contributed by atoms with Crippen LogP contribution in [-0.4, -0.2) is 37.0 Å². The van der Waals surface area contributed by atoms with Gasteiger partial charge in [0, 0.05) is 29.9 Å². The molecule has 0 fully saturated rings. The second kappa shape index (κ2) is 10.3. The Hall–Kier alpha value is -1.85. The van der Waals surface area contributed by atoms with Crippen molar-refractivity contribution < 1.29 is 14.3 Å². The first-order chi connectivity index (χ1) is 12.5. The minimum atomic E-state index is -0.298. The van der Waals surface area contributed by atoms with Gasteiger partial charge in [-0.1, -0.05) is 23.7 Å². The lowest BCUT2D eigenvalue weighted by Gasteiger charge is -2.21. The fourth-order valence-corrected chi connectivity index (χ4v) is 3.94. The number of hydrogen-bond acceptors (Lipinski definition) is 4. The van der Waals surface area contributed by atoms with Crippen LogP contribution in [0.2, 0.25) is 5.02 Å². The maximum atomic E-state index is 11.9. The number of carbonyl (C=O) groups excluding carboxylic acids is 2. The molecule has 0 bridgehead atoms. The molecule has 1 amide bonds. The van der Waals surface area contributed by atoms with Gasteiger partial charge in [0.1, 0.15) is 4.88 Å². The van der Waals surface area contributed by atoms with Gasteiger partial charge in [-0.3, -0.25) is 4.79 Å². The van der Waals surface area contributed by atoms with Crippen molar-refractivity contribution >= 4 is 34.8 Å². The molecule has 0 aliphatic rings. The predicted molar refractivity (Wildman–Crippen MR) is 106 cm³/mol. The fourth-order valence-electron chi connectivity index (χ4n) is 2.76. The fraction of sp³-hybridized carbons (Fsp3) is 0.400. The molecule has 0 saturated heterocycles. The number of rotatable bonds is 9. The van der Waals surface area contributed by atoms with E-state index in [0.717, 1.165) is 48.7 Å². The summed E-state index contributed by atoms with van der Waals surface area (Å²) in [6, 6.07) is 11.6. The number of thiophene rings is 1. The third kappa shape index (κ3) is 6.46. The second-order valence-corrected chi connectivity index (χ2v) is 7.71. The molecule has 140 valence electrons. The predicted octanol–water partition coefficient (Wildman–Crippen LogP) is 4.60. The largest absolute Gasteiger partial charge is 0.465 e. The van der Waals surface area contributed by atoms with Gasteiger partial charge in [0.2, 0.25) is 5.91 Å². The first kappa shape index (κ1) is 20.5. The molecular formula is C20H24ClNO3S. The highest BCUT2D eigenvalue weighted by Gasteiger charge is 2.11. The lowest BCUT2D eigenvalue weighted by Crippen LogP contribution is -2.31. The number of halogens is 1. The molecule has 0 radical (unpaired) electrons. The third-order valence-corrected chi connectivity index (χ3v) is 5.49. The number of methoxy groups -OCH3 is 1. The Balaban J connectivity index is 1.76. The molecule has 0 atom stereocenters. The van der Waals surface area contributed by atoms with Crippen LogP contribution in [0.25, 0.3) is 0 Å². The average molecular weight is 394 g/mol. The van der Waals surface area contributed by atoms with E-state index in [9.17, 15) is 9.59 Å². The molecule has 1 heterocycles. The Morgan fingerprint density at radius 2 is 1.85 bits per heavy atom. The van der Waals surface area contributed by atoms with Crippen LogP contribution in [-0.2, 0) is 22.4 Å². The number of carbonyl (C=O) groups is 2. The zero-order valence-electron chi connectivity index (χ0n) is 15.2. The van der Waals surface area contributed by atoms with Crippen molar-refractivity contribution in [3.05, 3.63) is 56.7 Å². The highest BCUT2D eigenvalue weighted by atomic mass is 35.5. The molecule has 0 spiro atoms. The van der Waals surface area contributed by atoms with E-state index in [-0.39, 0.29) is 11.9 Å². The molecule has 0 aliphatic heterocycles. The number of amides is 1. The lowest BCUT2D eigenvalue weighted by molar-refractivity contribution is -0.129. The van der Waals surface area contributed by atoms with Crippen LogP contribution in [0.15, 0.2) is 36.4 Å². The number of ether oxygens (including phenoxy) is 1. The van der Waals surface area contributed by atoms with Crippen molar-refractivity contribution in [1.82, 2.24) is 4.90 Å². The van der Waals surface area contributed by atoms with Gasteiger partial charge in [0.25, 0.3) is 0 Å². The van der Waals surface area contributed by atoms with Crippen molar-refractivity contribution in [2.45, 2.75) is 32.6 Å². The van der Waals surface area contributed by atoms with Crippen molar-refractivity contribution in [1.29, 1.82) is 0 Å². The summed E-state index contributed by atoms with van der Waals surface area (Å²) in [5, 5.41) is 0.744. The molecule has 0 aliphatic carbocycles. The molecule has 6 heteroatoms. The summed E-state index contributed by atoms with van der Waals surface area (Å²) >= 11 is 7.45. The van der Waals surface area contributed by atoms with Crippen LogP contribution in [0.1, 0.15) is 39.9 Å². The van der Waals surface area contributed by atoms with Crippen molar-refractivity contribution in [3.8, 4) is 0 Å². The van der Waals surface area contributed by atoms with Crippen LogP contribution in [0.5, 0.6) is 0 Å². The third-order valence-electron chi connectivity index (χ3n) is 4.13. The first-order valence-corrected chi connectivity index (χ1v) is 9.86. The Morgan fingerprint density at radius 3 is 2.50 bits per heavy atom. The zero-order chi connectivity index (χ0) is 18.9. The number of aryl methyl sites for hydroxylation is 2. The van der Waals surface area contributed by atoms with E-state index >= 15 is 0 Å². The van der Waals surface area contributed by atoms with Gasteiger partial charge in [0.15, 0.2) is 0 Å². The van der Waals surface area contributed by atoms with Crippen LogP contribution in [0.4, 0.5) is 0 Å². The van der Waals surface area contributed by atoms with E-state index in [4.69, 9.17) is 16.3 Å². The van der Waals surface area contributed by atoms with Gasteiger partial charge in [-0.2, -0.15) is 0 Å². The summed E-state index contributed by atoms with van der Waals surface area (Å²) in [7, 11) is 1.38. The minimum Gasteiger partial charge on any atom is -0.465 e. The summed E-state index contributed by atoms with van der Waals surface area (Å²) in [5.41, 5.74) is 1.19. The van der Waals surface area contributed by atoms with Crippen LogP contribution in [0, 0.1) is 0 Å². The summed E-state index contributed by atoms with van der Waals surface area (Å²) in [5.74, 6) is -0.204. The number of nitrogens with zero attached hydrogens (tertiary/aromatic N) is 1. The average Bonchev–Trinajstić information content (AvgIpc) is 3.08. The van der Waals surface area contributed by atoms with Gasteiger partial charge in [0.05, 0.1) is 7.11 Å². The van der Waals surface area contributed by atoms with Gasteiger partial charge in [-0.15, -0.1) is 11.3 Å². The maximum Gasteiger partial charge on any atom is 0.348 e. The lowest BCUT2D eigenvalue weighted by atomic mass is 10.1. The molecule has 0 unspecified atom stereocenters. The van der Waals surface area contributed by atoms with E-state index in [1.54, 1.807) is 13.0 Å². The van der Waals surface area contributed by atoms with E-state index in [1.165, 1.54) is 24.0 Å². The first-order valence-electron chi connectivity index (χ1n) is 8.66. The highest BCUT2D eigenvalue weighted by molar-refractivity contribution is 7.13. The van der Waals surface area contributed by atoms with Crippen LogP contribution >= 0.6 is 22.9 Å². The van der Waals surface area contributed by atoms with Gasteiger partial charge >= 0.3 is 5.97 Å². The Bertz CT molecular complexity index is 744. The van der Waals surface area contributed by atoms with E-state index in [0.29, 0.717) is 4.88 Å². The Labute approximate surface area is 163 Å². The number of benzene rings is 1. The highest BCUT2D eigenvalue weighted by Crippen LogP contribution is 2.19. The molecule has 1 aromatic carbocycles. The smallest absolute Gasteiger partial charge is 0.348 e. The zero-order valence-corrected chi connectivity index (χ0v) is 16.7. The molecule has 1 aromatic heterocycles.